The smallest absolute Gasteiger partial charge is 0.339 e. The molecule has 3 heterocycles. The third kappa shape index (κ3) is 5.68. The normalized spacial score (nSPS) is 18.2. The lowest BCUT2D eigenvalue weighted by Gasteiger charge is -2.37. The number of thioether (sulfide) groups is 1. The molecular weight excluding hydrogens is 488 g/mol. The molecule has 0 spiro atoms. The van der Waals surface area contributed by atoms with Gasteiger partial charge in [-0.1, -0.05) is 44.5 Å². The quantitative estimate of drug-likeness (QED) is 0.304. The maximum Gasteiger partial charge on any atom is 0.339 e. The van der Waals surface area contributed by atoms with Crippen LogP contribution >= 0.6 is 11.8 Å². The number of fused-ring (bicyclic) bond motifs is 1. The van der Waals surface area contributed by atoms with Gasteiger partial charge in [0.05, 0.1) is 29.5 Å². The van der Waals surface area contributed by atoms with E-state index in [1.165, 1.54) is 0 Å². The number of esters is 1. The number of nitrogens with one attached hydrogen (secondary N) is 1. The number of hydrogen-bond donors (Lipinski definition) is 1. The molecule has 0 fully saturated rings. The van der Waals surface area contributed by atoms with Gasteiger partial charge in [0.15, 0.2) is 13.8 Å². The average molecular weight is 525 g/mol. The molecule has 3 aromatic rings. The number of aromatic nitrogens is 3. The van der Waals surface area contributed by atoms with Gasteiger partial charge < -0.3 is 14.5 Å². The summed E-state index contributed by atoms with van der Waals surface area (Å²) in [7, 11) is -0.0154. The number of carbonyl (C=O) groups excluding carboxylic acids is 1. The van der Waals surface area contributed by atoms with E-state index in [1.807, 2.05) is 55.1 Å². The Morgan fingerprint density at radius 2 is 2.00 bits per heavy atom. The summed E-state index contributed by atoms with van der Waals surface area (Å²) in [5.41, 5.74) is 3.29. The van der Waals surface area contributed by atoms with Crippen LogP contribution in [0.25, 0.3) is 11.4 Å². The van der Waals surface area contributed by atoms with Crippen molar-refractivity contribution < 1.29 is 14.0 Å². The largest absolute Gasteiger partial charge is 0.442 e. The maximum absolute atomic E-state index is 13.2. The lowest BCUT2D eigenvalue weighted by atomic mass is 10.1. The number of aryl methyl sites for hydroxylation is 2. The summed E-state index contributed by atoms with van der Waals surface area (Å²) in [5.74, 6) is 1.19. The molecule has 1 aliphatic heterocycles. The molecule has 1 aromatic carbocycles. The zero-order chi connectivity index (χ0) is 26.1. The molecule has 1 N–H and O–H groups in total. The molecule has 2 aromatic heterocycles. The van der Waals surface area contributed by atoms with E-state index in [-0.39, 0.29) is 17.0 Å². The fraction of sp³-hybridized carbons (Fsp3) is 0.444. The second-order valence-corrected chi connectivity index (χ2v) is 16.7. The summed E-state index contributed by atoms with van der Waals surface area (Å²) in [5, 5.41) is 8.56. The van der Waals surface area contributed by atoms with E-state index >= 15 is 0 Å². The zero-order valence-electron chi connectivity index (χ0n) is 22.2. The van der Waals surface area contributed by atoms with E-state index < -0.39 is 13.8 Å². The Morgan fingerprint density at radius 3 is 2.67 bits per heavy atom. The van der Waals surface area contributed by atoms with Gasteiger partial charge in [0.25, 0.3) is 0 Å². The second kappa shape index (κ2) is 10.4. The van der Waals surface area contributed by atoms with Crippen LogP contribution in [0.3, 0.4) is 0 Å². The molecular formula is C27H36N4O3SSi. The molecule has 0 unspecified atom stereocenters. The Hall–Kier alpha value is -2.62. The number of hydrogen-bond acceptors (Lipinski definition) is 7. The van der Waals surface area contributed by atoms with Crippen LogP contribution < -0.4 is 5.32 Å². The molecule has 36 heavy (non-hydrogen) atoms. The highest BCUT2D eigenvalue weighted by atomic mass is 32.2. The van der Waals surface area contributed by atoms with E-state index in [9.17, 15) is 4.79 Å². The highest BCUT2D eigenvalue weighted by Gasteiger charge is 2.39. The van der Waals surface area contributed by atoms with Crippen molar-refractivity contribution >= 4 is 31.9 Å². The summed E-state index contributed by atoms with van der Waals surface area (Å²) < 4.78 is 14.5. The Bertz CT molecular complexity index is 1220. The van der Waals surface area contributed by atoms with Gasteiger partial charge in [-0.15, -0.1) is 11.8 Å². The summed E-state index contributed by atoms with van der Waals surface area (Å²) in [6, 6.07) is 13.2. The minimum absolute atomic E-state index is 0.0394. The molecule has 0 bridgehead atoms. The Balaban J connectivity index is 1.67. The lowest BCUT2D eigenvalue weighted by molar-refractivity contribution is 0.0459. The minimum atomic E-state index is -1.92. The Labute approximate surface area is 219 Å². The lowest BCUT2D eigenvalue weighted by Crippen LogP contribution is -2.44. The van der Waals surface area contributed by atoms with Crippen LogP contribution in [0.1, 0.15) is 47.7 Å². The van der Waals surface area contributed by atoms with Gasteiger partial charge in [-0.3, -0.25) is 9.67 Å². The number of benzene rings is 1. The number of ether oxygens (including phenoxy) is 1. The van der Waals surface area contributed by atoms with Crippen molar-refractivity contribution in [2.45, 2.75) is 57.3 Å². The predicted molar refractivity (Wildman–Crippen MR) is 149 cm³/mol. The minimum Gasteiger partial charge on any atom is -0.442 e. The third-order valence-electron chi connectivity index (χ3n) is 6.94. The molecule has 9 heteroatoms. The summed E-state index contributed by atoms with van der Waals surface area (Å²) in [6.45, 7) is 13.8. The second-order valence-electron chi connectivity index (χ2n) is 10.8. The van der Waals surface area contributed by atoms with E-state index in [1.54, 1.807) is 24.0 Å². The Morgan fingerprint density at radius 1 is 1.22 bits per heavy atom. The number of rotatable bonds is 6. The molecule has 7 nitrogen and oxygen atoms in total. The molecule has 192 valence electrons. The van der Waals surface area contributed by atoms with Crippen molar-refractivity contribution in [2.24, 2.45) is 7.05 Å². The maximum atomic E-state index is 13.2. The molecule has 1 aliphatic rings. The van der Waals surface area contributed by atoms with Gasteiger partial charge in [0.1, 0.15) is 11.5 Å². The van der Waals surface area contributed by atoms with E-state index in [2.05, 4.69) is 44.2 Å². The van der Waals surface area contributed by atoms with Crippen LogP contribution in [-0.2, 0) is 16.2 Å². The summed E-state index contributed by atoms with van der Waals surface area (Å²) >= 11 is 1.59. The van der Waals surface area contributed by atoms with Gasteiger partial charge in [-0.2, -0.15) is 5.10 Å². The molecule has 0 saturated heterocycles. The van der Waals surface area contributed by atoms with Crippen LogP contribution in [-0.4, -0.2) is 47.5 Å². The van der Waals surface area contributed by atoms with Crippen LogP contribution in [0.2, 0.25) is 18.1 Å². The summed E-state index contributed by atoms with van der Waals surface area (Å²) in [4.78, 5) is 17.7. The van der Waals surface area contributed by atoms with Gasteiger partial charge >= 0.3 is 5.97 Å². The molecule has 2 atom stereocenters. The van der Waals surface area contributed by atoms with Gasteiger partial charge in [-0.05, 0) is 49.3 Å². The number of pyridine rings is 1. The number of carbonyl (C=O) groups is 1. The molecule has 0 radical (unpaired) electrons. The predicted octanol–water partition coefficient (Wildman–Crippen LogP) is 6.20. The number of anilines is 1. The van der Waals surface area contributed by atoms with E-state index in [0.29, 0.717) is 17.9 Å². The SMILES string of the molecule is Cc1cccc(C(=O)O[C@@H]2SC[C@H](CO[Si](C)(C)C(C)(C)C)Nc3c2c(-c2ccccn2)nn3C)c1. The fourth-order valence-corrected chi connectivity index (χ4v) is 5.98. The topological polar surface area (TPSA) is 78.3 Å². The summed E-state index contributed by atoms with van der Waals surface area (Å²) in [6.07, 6.45) is 1.75. The first-order valence-corrected chi connectivity index (χ1v) is 16.2. The highest BCUT2D eigenvalue weighted by Crippen LogP contribution is 2.44. The molecule has 0 saturated carbocycles. The Kier molecular flexibility index (Phi) is 7.63. The average Bonchev–Trinajstić information content (AvgIpc) is 3.03. The zero-order valence-corrected chi connectivity index (χ0v) is 24.0. The first-order chi connectivity index (χ1) is 17.0. The fourth-order valence-electron chi connectivity index (χ4n) is 3.79. The van der Waals surface area contributed by atoms with E-state index in [0.717, 1.165) is 28.4 Å². The van der Waals surface area contributed by atoms with Gasteiger partial charge in [0.2, 0.25) is 0 Å². The van der Waals surface area contributed by atoms with Crippen molar-refractivity contribution in [3.63, 3.8) is 0 Å². The van der Waals surface area contributed by atoms with Crippen molar-refractivity contribution in [1.82, 2.24) is 14.8 Å². The van der Waals surface area contributed by atoms with Crippen LogP contribution in [0.4, 0.5) is 5.82 Å². The van der Waals surface area contributed by atoms with Crippen LogP contribution in [0, 0.1) is 6.92 Å². The number of nitrogens with zero attached hydrogens (tertiary/aromatic N) is 3. The van der Waals surface area contributed by atoms with Gasteiger partial charge in [-0.25, -0.2) is 4.79 Å². The first-order valence-electron chi connectivity index (χ1n) is 12.2. The van der Waals surface area contributed by atoms with E-state index in [4.69, 9.17) is 14.3 Å². The van der Waals surface area contributed by atoms with Gasteiger partial charge in [0, 0.05) is 19.0 Å². The van der Waals surface area contributed by atoms with Crippen molar-refractivity contribution in [3.8, 4) is 11.4 Å². The van der Waals surface area contributed by atoms with Crippen molar-refractivity contribution in [3.05, 3.63) is 65.4 Å². The molecule has 0 amide bonds. The van der Waals surface area contributed by atoms with Crippen molar-refractivity contribution in [2.75, 3.05) is 17.7 Å². The highest BCUT2D eigenvalue weighted by molar-refractivity contribution is 7.99. The van der Waals surface area contributed by atoms with Crippen molar-refractivity contribution in [1.29, 1.82) is 0 Å². The molecule has 4 rings (SSSR count). The third-order valence-corrected chi connectivity index (χ3v) is 12.7. The van der Waals surface area contributed by atoms with Crippen LogP contribution in [0.15, 0.2) is 48.7 Å². The van der Waals surface area contributed by atoms with Crippen LogP contribution in [0.5, 0.6) is 0 Å². The standard InChI is InChI=1S/C27H36N4O3SSi/c1-18-11-10-12-19(15-18)25(32)34-26-22-23(21-13-8-9-14-28-21)30-31(5)24(22)29-20(17-35-26)16-33-36(6,7)27(2,3)4/h8-15,20,26,29H,16-17H2,1-7H3/t20-,26+/m0/s1. The monoisotopic (exact) mass is 524 g/mol. The first kappa shape index (κ1) is 26.4. The molecule has 0 aliphatic carbocycles.